The normalized spacial score (nSPS) is 12.0. The molecule has 2 nitrogen and oxygen atoms in total. The van der Waals surface area contributed by atoms with Gasteiger partial charge in [0.15, 0.2) is 0 Å². The molecule has 0 aliphatic heterocycles. The molecular formula is C40H40Br8Mn2O2P2. The molecule has 0 heterocycles. The second-order valence-corrected chi connectivity index (χ2v) is 89.9. The van der Waals surface area contributed by atoms with Crippen LogP contribution in [0.3, 0.4) is 0 Å². The molecule has 6 aromatic carbocycles. The van der Waals surface area contributed by atoms with Crippen LogP contribution >= 0.6 is 127 Å². The van der Waals surface area contributed by atoms with Crippen LogP contribution in [0.15, 0.2) is 182 Å². The van der Waals surface area contributed by atoms with Gasteiger partial charge in [-0.05, 0) is 72.8 Å². The first-order chi connectivity index (χ1) is 25.8. The maximum atomic E-state index is 9.81. The molecule has 0 aliphatic rings. The molecule has 0 amide bonds. The quantitative estimate of drug-likeness (QED) is 0.106. The van der Waals surface area contributed by atoms with E-state index in [4.69, 9.17) is 0 Å². The molecule has 0 saturated carbocycles. The van der Waals surface area contributed by atoms with E-state index in [1.807, 2.05) is 36.4 Å². The van der Waals surface area contributed by atoms with E-state index in [-0.39, 0.29) is 13.2 Å². The fraction of sp³-hybridized carbons (Fsp3) is 0.100. The molecule has 6 rings (SSSR count). The predicted octanol–water partition coefficient (Wildman–Crippen LogP) is 12.7. The van der Waals surface area contributed by atoms with Crippen LogP contribution in [0.25, 0.3) is 0 Å². The SMILES string of the molecule is OCC[P+](c1ccccc1)(c1ccccc1)c1ccccc1.OCC[P+](c1ccccc1)(c1ccccc1)c1ccccc1.[Br][Mn-]([Br])([Br])[Br].[Br][Mn-]([Br])([Br])[Br]. The summed E-state index contributed by atoms with van der Waals surface area (Å²) in [5, 5.41) is 27.6. The van der Waals surface area contributed by atoms with Crippen molar-refractivity contribution in [2.45, 2.75) is 0 Å². The van der Waals surface area contributed by atoms with Crippen LogP contribution in [0, 0.1) is 0 Å². The maximum absolute atomic E-state index is 9.81. The van der Waals surface area contributed by atoms with Gasteiger partial charge in [-0.25, -0.2) is 0 Å². The zero-order chi connectivity index (χ0) is 39.5. The Balaban J connectivity index is 0.000000233. The van der Waals surface area contributed by atoms with Crippen LogP contribution < -0.4 is 31.8 Å². The average Bonchev–Trinajstić information content (AvgIpc) is 3.17. The molecule has 2 N–H and O–H groups in total. The molecule has 6 aromatic rings. The van der Waals surface area contributed by atoms with Gasteiger partial charge in [-0.15, -0.1) is 0 Å². The Morgan fingerprint density at radius 3 is 0.537 bits per heavy atom. The Bertz CT molecular complexity index is 1530. The van der Waals surface area contributed by atoms with Gasteiger partial charge < -0.3 is 10.2 Å². The van der Waals surface area contributed by atoms with Crippen LogP contribution in [-0.4, -0.2) is 35.8 Å². The van der Waals surface area contributed by atoms with E-state index in [1.54, 1.807) is 0 Å². The summed E-state index contributed by atoms with van der Waals surface area (Å²) < 4.78 is 0. The van der Waals surface area contributed by atoms with Gasteiger partial charge in [-0.2, -0.15) is 0 Å². The van der Waals surface area contributed by atoms with Gasteiger partial charge in [0.25, 0.3) is 0 Å². The van der Waals surface area contributed by atoms with E-state index in [0.717, 1.165) is 12.3 Å². The van der Waals surface area contributed by atoms with Gasteiger partial charge in [0.2, 0.25) is 0 Å². The minimum atomic E-state index is -1.80. The molecule has 0 atom stereocenters. The number of halogens is 8. The molecule has 0 unspecified atom stereocenters. The Hall–Kier alpha value is 0.979. The molecule has 0 aliphatic carbocycles. The van der Waals surface area contributed by atoms with Crippen molar-refractivity contribution in [3.63, 3.8) is 0 Å². The first-order valence-corrected chi connectivity index (χ1v) is 43.5. The Morgan fingerprint density at radius 1 is 0.296 bits per heavy atom. The van der Waals surface area contributed by atoms with Crippen LogP contribution in [0.4, 0.5) is 0 Å². The Morgan fingerprint density at radius 2 is 0.426 bits per heavy atom. The minimum absolute atomic E-state index is 0.187. The summed E-state index contributed by atoms with van der Waals surface area (Å²) in [6, 6.07) is 63.8. The number of aliphatic hydroxyl groups excluding tert-OH is 2. The summed E-state index contributed by atoms with van der Waals surface area (Å²) in [6.07, 6.45) is 1.54. The zero-order valence-electron chi connectivity index (χ0n) is 28.7. The van der Waals surface area contributed by atoms with Crippen molar-refractivity contribution in [3.8, 4) is 0 Å². The van der Waals surface area contributed by atoms with Gasteiger partial charge in [-0.1, -0.05) is 109 Å². The molecule has 292 valence electrons. The van der Waals surface area contributed by atoms with Gasteiger partial charge in [0.05, 0.1) is 25.5 Å². The van der Waals surface area contributed by atoms with E-state index in [0.29, 0.717) is 0 Å². The molecule has 0 aromatic heterocycles. The predicted molar refractivity (Wildman–Crippen MR) is 266 cm³/mol. The second kappa shape index (κ2) is 25.6. The van der Waals surface area contributed by atoms with Crippen molar-refractivity contribution in [3.05, 3.63) is 182 Å². The average molecular weight is 1360 g/mol. The van der Waals surface area contributed by atoms with E-state index in [1.165, 1.54) is 31.8 Å². The monoisotopic (exact) mass is 1360 g/mol. The van der Waals surface area contributed by atoms with Crippen LogP contribution in [0.1, 0.15) is 0 Å². The van der Waals surface area contributed by atoms with E-state index < -0.39 is 25.8 Å². The van der Waals surface area contributed by atoms with Crippen molar-refractivity contribution in [1.82, 2.24) is 0 Å². The third kappa shape index (κ3) is 16.6. The van der Waals surface area contributed by atoms with Gasteiger partial charge >= 0.3 is 124 Å². The van der Waals surface area contributed by atoms with Gasteiger partial charge in [0.1, 0.15) is 46.4 Å². The number of hydrogen-bond acceptors (Lipinski definition) is 2. The second-order valence-electron chi connectivity index (χ2n) is 11.2. The number of benzene rings is 6. The van der Waals surface area contributed by atoms with Crippen LogP contribution in [0.5, 0.6) is 0 Å². The first kappa shape index (κ1) is 49.3. The number of rotatable bonds is 10. The fourth-order valence-electron chi connectivity index (χ4n) is 6.06. The third-order valence-corrected chi connectivity index (χ3v) is 16.9. The third-order valence-electron chi connectivity index (χ3n) is 8.05. The van der Waals surface area contributed by atoms with Crippen molar-refractivity contribution in [2.24, 2.45) is 0 Å². The molecule has 54 heavy (non-hydrogen) atoms. The molecular weight excluding hydrogens is 1320 g/mol. The van der Waals surface area contributed by atoms with Crippen molar-refractivity contribution in [1.29, 1.82) is 0 Å². The first-order valence-electron chi connectivity index (χ1n) is 16.2. The van der Waals surface area contributed by atoms with Crippen LogP contribution in [0.2, 0.25) is 0 Å². The van der Waals surface area contributed by atoms with Gasteiger partial charge in [-0.3, -0.25) is 0 Å². The van der Waals surface area contributed by atoms with Crippen molar-refractivity contribution in [2.75, 3.05) is 25.5 Å². The van der Waals surface area contributed by atoms with Crippen molar-refractivity contribution >= 4 is 159 Å². The standard InChI is InChI=1S/2C20H20OP.8BrH.2Mn/c2*21-16-17-22(18-10-4-1-5-11-18,19-12-6-2-7-13-19)20-14-8-3-9-15-20;;;;;;;;;;/h2*1-15,21H,16-17H2;8*1H;;/q2*+1;;;;;;;;;2*+3/p-8. The number of hydrogen-bond donors (Lipinski definition) is 2. The summed E-state index contributed by atoms with van der Waals surface area (Å²) >= 11 is 26.1. The molecule has 0 spiro atoms. The van der Waals surface area contributed by atoms with Gasteiger partial charge in [0, 0.05) is 0 Å². The summed E-state index contributed by atoms with van der Waals surface area (Å²) in [4.78, 5) is 0. The van der Waals surface area contributed by atoms with E-state index >= 15 is 0 Å². The topological polar surface area (TPSA) is 40.5 Å². The fourth-order valence-corrected chi connectivity index (χ4v) is 14.1. The van der Waals surface area contributed by atoms with Crippen LogP contribution in [-0.2, 0) is 11.2 Å². The zero-order valence-corrected chi connectivity index (χ0v) is 45.6. The summed E-state index contributed by atoms with van der Waals surface area (Å²) in [6.45, 7) is 0.374. The molecule has 0 saturated heterocycles. The summed E-state index contributed by atoms with van der Waals surface area (Å²) in [5.41, 5.74) is -2.75. The molecule has 0 bridgehead atoms. The van der Waals surface area contributed by atoms with E-state index in [2.05, 4.69) is 258 Å². The molecule has 14 heteroatoms. The van der Waals surface area contributed by atoms with Crippen molar-refractivity contribution < 1.29 is 21.4 Å². The molecule has 0 fully saturated rings. The Labute approximate surface area is 382 Å². The summed E-state index contributed by atoms with van der Waals surface area (Å²) in [5.74, 6) is 0. The van der Waals surface area contributed by atoms with E-state index in [9.17, 15) is 10.2 Å². The number of aliphatic hydroxyl groups is 2. The Kier molecular flexibility index (Phi) is 23.4. The summed E-state index contributed by atoms with van der Waals surface area (Å²) in [7, 11) is -3.61. The molecule has 0 radical (unpaired) electrons.